The molecule has 9 aliphatic rings. The van der Waals surface area contributed by atoms with Gasteiger partial charge in [-0.05, 0) is 87.4 Å². The van der Waals surface area contributed by atoms with Crippen molar-refractivity contribution in [3.63, 3.8) is 0 Å². The molecular formula is C44H70O16. The van der Waals surface area contributed by atoms with E-state index < -0.39 is 109 Å². The van der Waals surface area contributed by atoms with Crippen LogP contribution in [0.5, 0.6) is 0 Å². The van der Waals surface area contributed by atoms with E-state index in [9.17, 15) is 40.9 Å². The molecule has 1 spiro atoms. The molecule has 8 fully saturated rings. The van der Waals surface area contributed by atoms with Crippen LogP contribution in [0.1, 0.15) is 92.9 Å². The maximum Gasteiger partial charge on any atom is 0.187 e. The fourth-order valence-corrected chi connectivity index (χ4v) is 13.8. The minimum absolute atomic E-state index is 0.0699. The van der Waals surface area contributed by atoms with E-state index in [1.165, 1.54) is 6.92 Å². The highest BCUT2D eigenvalue weighted by atomic mass is 16.8. The van der Waals surface area contributed by atoms with Crippen LogP contribution in [-0.2, 0) is 37.9 Å². The highest BCUT2D eigenvalue weighted by Gasteiger charge is 2.69. The summed E-state index contributed by atoms with van der Waals surface area (Å²) in [4.78, 5) is 0. The van der Waals surface area contributed by atoms with Crippen LogP contribution in [0.4, 0.5) is 0 Å². The van der Waals surface area contributed by atoms with E-state index in [1.807, 2.05) is 0 Å². The third kappa shape index (κ3) is 7.01. The van der Waals surface area contributed by atoms with Gasteiger partial charge < -0.3 is 78.7 Å². The van der Waals surface area contributed by atoms with Crippen LogP contribution in [0.15, 0.2) is 11.6 Å². The molecule has 5 aliphatic heterocycles. The summed E-state index contributed by atoms with van der Waals surface area (Å²) < 4.78 is 51.1. The van der Waals surface area contributed by atoms with Gasteiger partial charge in [0, 0.05) is 24.2 Å². The molecule has 4 aliphatic carbocycles. The highest BCUT2D eigenvalue weighted by Crippen LogP contribution is 2.71. The fraction of sp³-hybridized carbons (Fsp3) is 0.955. The molecule has 3 saturated carbocycles. The van der Waals surface area contributed by atoms with Crippen LogP contribution in [-0.4, -0.2) is 164 Å². The van der Waals surface area contributed by atoms with Gasteiger partial charge >= 0.3 is 0 Å². The number of rotatable bonds is 6. The second kappa shape index (κ2) is 16.2. The Balaban J connectivity index is 1.01. The summed E-state index contributed by atoms with van der Waals surface area (Å²) in [7, 11) is 0. The molecule has 0 radical (unpaired) electrons. The third-order valence-corrected chi connectivity index (χ3v) is 17.3. The molecule has 9 rings (SSSR count). The van der Waals surface area contributed by atoms with E-state index in [1.54, 1.807) is 6.92 Å². The molecule has 26 atom stereocenters. The zero-order valence-electron chi connectivity index (χ0n) is 35.8. The maximum absolute atomic E-state index is 11.6. The third-order valence-electron chi connectivity index (χ3n) is 17.3. The van der Waals surface area contributed by atoms with E-state index in [0.29, 0.717) is 30.1 Å². The highest BCUT2D eigenvalue weighted by molar-refractivity contribution is 5.29. The molecule has 0 aromatic carbocycles. The largest absolute Gasteiger partial charge is 0.393 e. The lowest BCUT2D eigenvalue weighted by atomic mass is 9.46. The maximum atomic E-state index is 11.6. The van der Waals surface area contributed by atoms with E-state index in [4.69, 9.17) is 37.9 Å². The topological polar surface area (TPSA) is 236 Å². The molecule has 5 saturated heterocycles. The molecule has 0 bridgehead atoms. The molecular weight excluding hydrogens is 784 g/mol. The first-order valence-electron chi connectivity index (χ1n) is 22.7. The quantitative estimate of drug-likeness (QED) is 0.173. The molecule has 0 aromatic rings. The Kier molecular flexibility index (Phi) is 12.0. The first-order chi connectivity index (χ1) is 28.4. The second-order valence-corrected chi connectivity index (χ2v) is 20.7. The first kappa shape index (κ1) is 44.3. The molecule has 60 heavy (non-hydrogen) atoms. The van der Waals surface area contributed by atoms with Crippen molar-refractivity contribution >= 4 is 0 Å². The van der Waals surface area contributed by atoms with Gasteiger partial charge in [-0.2, -0.15) is 0 Å². The summed E-state index contributed by atoms with van der Waals surface area (Å²) in [6, 6.07) is 0. The Hall–Kier alpha value is -0.900. The van der Waals surface area contributed by atoms with Gasteiger partial charge in [-0.3, -0.25) is 0 Å². The standard InChI is InChI=1S/C44H70O16/c1-18-9-12-44(54-16-18)19(2)30-28(60-44)15-26-24-8-7-22-13-23(45)14-29(43(22,6)25(24)10-11-42(26,30)5)57-41-38(59-40-36(52)34(50)31(47)20(3)55-40)37(32(48)21(4)56-41)58-39-35(51)33(49)27(46)17-53-39/h7,18-21,23-41,45-52H,8-17H2,1-6H3/t18-,19+,20+,21-,23-,24?,25?,26?,27-,28?,29-,30?,31+,32+,33+,34-,35-,36-,37+,38-,39-,40+,41+,42+,43+,44?/m1/s1. The molecule has 5 heterocycles. The van der Waals surface area contributed by atoms with Crippen molar-refractivity contribution in [2.24, 2.45) is 46.3 Å². The Morgan fingerprint density at radius 2 is 1.38 bits per heavy atom. The van der Waals surface area contributed by atoms with Crippen LogP contribution in [0.25, 0.3) is 0 Å². The fourth-order valence-electron chi connectivity index (χ4n) is 13.8. The van der Waals surface area contributed by atoms with Crippen LogP contribution < -0.4 is 0 Å². The molecule has 16 heteroatoms. The predicted molar refractivity (Wildman–Crippen MR) is 208 cm³/mol. The SMILES string of the molecule is C[C@@H]1CCC2(OC1)OC1CC3C4CC=C5C[C@@H](O)C[C@@H](O[C@@H]6O[C@H](C)[C@H](O)[C@H](O[C@H]7OC[C@@H](O)[C@H](O)[C@H]7O)[C@H]6O[C@@H]6O[C@@H](C)[C@H](O)[C@@H](O)[C@H]6O)[C@]5(C)C4CC[C@]3(C)C1[C@@H]2C. The number of aliphatic hydroxyl groups is 8. The lowest BCUT2D eigenvalue weighted by Gasteiger charge is -2.60. The van der Waals surface area contributed by atoms with Gasteiger partial charge in [0.05, 0.1) is 43.7 Å². The van der Waals surface area contributed by atoms with Crippen LogP contribution >= 0.6 is 0 Å². The van der Waals surface area contributed by atoms with Gasteiger partial charge in [-0.25, -0.2) is 0 Å². The molecule has 0 aromatic heterocycles. The average molecular weight is 855 g/mol. The summed E-state index contributed by atoms with van der Waals surface area (Å²) in [6.07, 6.45) is -12.0. The Bertz CT molecular complexity index is 1580. The molecule has 342 valence electrons. The molecule has 6 unspecified atom stereocenters. The van der Waals surface area contributed by atoms with Gasteiger partial charge in [0.15, 0.2) is 24.7 Å². The van der Waals surface area contributed by atoms with Crippen LogP contribution in [0.2, 0.25) is 0 Å². The zero-order chi connectivity index (χ0) is 42.8. The minimum atomic E-state index is -1.72. The van der Waals surface area contributed by atoms with Gasteiger partial charge in [-0.15, -0.1) is 0 Å². The zero-order valence-corrected chi connectivity index (χ0v) is 35.8. The van der Waals surface area contributed by atoms with Crippen molar-refractivity contribution in [3.05, 3.63) is 11.6 Å². The van der Waals surface area contributed by atoms with Crippen molar-refractivity contribution in [1.82, 2.24) is 0 Å². The average Bonchev–Trinajstić information content (AvgIpc) is 3.66. The number of ether oxygens (including phenoxy) is 8. The van der Waals surface area contributed by atoms with Gasteiger partial charge in [0.25, 0.3) is 0 Å². The van der Waals surface area contributed by atoms with E-state index in [0.717, 1.165) is 50.7 Å². The Morgan fingerprint density at radius 1 is 0.683 bits per heavy atom. The van der Waals surface area contributed by atoms with Crippen LogP contribution in [0.3, 0.4) is 0 Å². The second-order valence-electron chi connectivity index (χ2n) is 20.7. The first-order valence-corrected chi connectivity index (χ1v) is 22.7. The number of hydrogen-bond donors (Lipinski definition) is 8. The van der Waals surface area contributed by atoms with Crippen molar-refractivity contribution in [1.29, 1.82) is 0 Å². The van der Waals surface area contributed by atoms with Crippen molar-refractivity contribution in [2.75, 3.05) is 13.2 Å². The number of hydrogen-bond acceptors (Lipinski definition) is 16. The summed E-state index contributed by atoms with van der Waals surface area (Å²) in [5.41, 5.74) is 0.681. The van der Waals surface area contributed by atoms with Crippen molar-refractivity contribution in [2.45, 2.75) is 203 Å². The molecule has 16 nitrogen and oxygen atoms in total. The molecule has 8 N–H and O–H groups in total. The van der Waals surface area contributed by atoms with Gasteiger partial charge in [0.2, 0.25) is 0 Å². The number of allylic oxidation sites excluding steroid dienone is 1. The minimum Gasteiger partial charge on any atom is -0.393 e. The normalized spacial score (nSPS) is 59.2. The summed E-state index contributed by atoms with van der Waals surface area (Å²) >= 11 is 0. The van der Waals surface area contributed by atoms with E-state index in [-0.39, 0.29) is 36.4 Å². The number of fused-ring (bicyclic) bond motifs is 7. The Morgan fingerprint density at radius 3 is 2.12 bits per heavy atom. The smallest absolute Gasteiger partial charge is 0.187 e. The van der Waals surface area contributed by atoms with E-state index in [2.05, 4.69) is 33.8 Å². The van der Waals surface area contributed by atoms with Crippen molar-refractivity contribution < 1.29 is 78.7 Å². The lowest BCUT2D eigenvalue weighted by molar-refractivity contribution is -0.391. The lowest BCUT2D eigenvalue weighted by Crippen LogP contribution is -2.66. The summed E-state index contributed by atoms with van der Waals surface area (Å²) in [6.45, 7) is 12.8. The van der Waals surface area contributed by atoms with Crippen molar-refractivity contribution in [3.8, 4) is 0 Å². The van der Waals surface area contributed by atoms with Crippen LogP contribution in [0, 0.1) is 46.3 Å². The van der Waals surface area contributed by atoms with Gasteiger partial charge in [0.1, 0.15) is 54.9 Å². The summed E-state index contributed by atoms with van der Waals surface area (Å²) in [5.74, 6) is 1.67. The Labute approximate surface area is 352 Å². The molecule has 0 amide bonds. The monoisotopic (exact) mass is 854 g/mol. The number of aliphatic hydroxyl groups excluding tert-OH is 8. The predicted octanol–water partition coefficient (Wildman–Crippen LogP) is 0.852. The van der Waals surface area contributed by atoms with E-state index >= 15 is 0 Å². The van der Waals surface area contributed by atoms with Gasteiger partial charge in [-0.1, -0.05) is 39.3 Å². The summed E-state index contributed by atoms with van der Waals surface area (Å²) in [5, 5.41) is 86.8.